The van der Waals surface area contributed by atoms with Gasteiger partial charge in [-0.15, -0.1) is 0 Å². The van der Waals surface area contributed by atoms with Gasteiger partial charge in [-0.1, -0.05) is 30.3 Å². The van der Waals surface area contributed by atoms with Gasteiger partial charge in [-0.25, -0.2) is 0 Å². The maximum absolute atomic E-state index is 9.44. The number of aliphatic hydroxyl groups excluding tert-OH is 1. The third-order valence-electron chi connectivity index (χ3n) is 3.09. The molecule has 2 atom stereocenters. The number of nitrogens with one attached hydrogen (secondary N) is 1. The predicted octanol–water partition coefficient (Wildman–Crippen LogP) is 1.29. The summed E-state index contributed by atoms with van der Waals surface area (Å²) in [6.45, 7) is 5.04. The Labute approximate surface area is 108 Å². The second kappa shape index (κ2) is 5.80. The van der Waals surface area contributed by atoms with Gasteiger partial charge in [0.25, 0.3) is 0 Å². The third kappa shape index (κ3) is 3.53. The smallest absolute Gasteiger partial charge is 0.163 e. The highest BCUT2D eigenvalue weighted by Gasteiger charge is 2.36. The van der Waals surface area contributed by atoms with Crippen molar-refractivity contribution in [2.75, 3.05) is 13.2 Å². The molecular weight excluding hydrogens is 230 g/mol. The molecule has 1 aliphatic heterocycles. The fourth-order valence-electron chi connectivity index (χ4n) is 2.07. The summed E-state index contributed by atoms with van der Waals surface area (Å²) in [6, 6.07) is 10.00. The average Bonchev–Trinajstić information content (AvgIpc) is 2.72. The fourth-order valence-corrected chi connectivity index (χ4v) is 2.07. The molecule has 0 aromatic heterocycles. The van der Waals surface area contributed by atoms with E-state index in [1.54, 1.807) is 0 Å². The van der Waals surface area contributed by atoms with E-state index in [9.17, 15) is 5.11 Å². The molecule has 4 nitrogen and oxygen atoms in total. The largest absolute Gasteiger partial charge is 0.395 e. The van der Waals surface area contributed by atoms with Crippen LogP contribution in [0.4, 0.5) is 0 Å². The van der Waals surface area contributed by atoms with E-state index in [0.29, 0.717) is 13.2 Å². The van der Waals surface area contributed by atoms with Gasteiger partial charge in [-0.05, 0) is 19.4 Å². The first-order chi connectivity index (χ1) is 8.61. The summed E-state index contributed by atoms with van der Waals surface area (Å²) in [4.78, 5) is 0. The summed E-state index contributed by atoms with van der Waals surface area (Å²) >= 11 is 0. The van der Waals surface area contributed by atoms with Crippen molar-refractivity contribution in [2.45, 2.75) is 38.3 Å². The maximum Gasteiger partial charge on any atom is 0.163 e. The first-order valence-electron chi connectivity index (χ1n) is 6.31. The highest BCUT2D eigenvalue weighted by Crippen LogP contribution is 2.24. The Bertz CT molecular complexity index is 367. The van der Waals surface area contributed by atoms with E-state index in [-0.39, 0.29) is 18.8 Å². The number of benzene rings is 1. The Kier molecular flexibility index (Phi) is 4.35. The molecule has 1 saturated heterocycles. The minimum absolute atomic E-state index is 0.0386. The minimum Gasteiger partial charge on any atom is -0.395 e. The van der Waals surface area contributed by atoms with Crippen LogP contribution in [-0.4, -0.2) is 36.3 Å². The van der Waals surface area contributed by atoms with Crippen LogP contribution in [0.1, 0.15) is 19.4 Å². The highest BCUT2D eigenvalue weighted by molar-refractivity contribution is 5.14. The number of rotatable bonds is 5. The van der Waals surface area contributed by atoms with Gasteiger partial charge in [-0.3, -0.25) is 0 Å². The molecule has 1 unspecified atom stereocenters. The van der Waals surface area contributed by atoms with Crippen molar-refractivity contribution >= 4 is 0 Å². The van der Waals surface area contributed by atoms with Crippen LogP contribution >= 0.6 is 0 Å². The lowest BCUT2D eigenvalue weighted by atomic mass is 10.1. The minimum atomic E-state index is -0.549. The van der Waals surface area contributed by atoms with Crippen LogP contribution in [0.5, 0.6) is 0 Å². The molecule has 2 N–H and O–H groups in total. The Balaban J connectivity index is 1.87. The van der Waals surface area contributed by atoms with Gasteiger partial charge < -0.3 is 19.9 Å². The van der Waals surface area contributed by atoms with Crippen LogP contribution in [0, 0.1) is 0 Å². The van der Waals surface area contributed by atoms with E-state index in [1.807, 2.05) is 32.0 Å². The standard InChI is InChI=1S/C14H21NO3/c1-14(2)17-10-13(18-14)12(9-16)15-8-11-6-4-3-5-7-11/h3-7,12-13,15-16H,8-10H2,1-2H3/t12?,13-/m0/s1. The van der Waals surface area contributed by atoms with E-state index in [4.69, 9.17) is 9.47 Å². The molecule has 18 heavy (non-hydrogen) atoms. The Hall–Kier alpha value is -0.940. The van der Waals surface area contributed by atoms with Crippen molar-refractivity contribution in [1.82, 2.24) is 5.32 Å². The predicted molar refractivity (Wildman–Crippen MR) is 69.1 cm³/mol. The molecule has 0 aliphatic carbocycles. The zero-order valence-corrected chi connectivity index (χ0v) is 10.9. The summed E-state index contributed by atoms with van der Waals surface area (Å²) in [5.41, 5.74) is 1.19. The van der Waals surface area contributed by atoms with Crippen LogP contribution in [0.25, 0.3) is 0 Å². The van der Waals surface area contributed by atoms with Crippen molar-refractivity contribution in [2.24, 2.45) is 0 Å². The molecule has 2 rings (SSSR count). The molecule has 0 spiro atoms. The van der Waals surface area contributed by atoms with Gasteiger partial charge in [0, 0.05) is 6.54 Å². The van der Waals surface area contributed by atoms with E-state index in [1.165, 1.54) is 5.56 Å². The summed E-state index contributed by atoms with van der Waals surface area (Å²) in [6.07, 6.45) is -0.103. The van der Waals surface area contributed by atoms with Crippen molar-refractivity contribution in [3.63, 3.8) is 0 Å². The van der Waals surface area contributed by atoms with Gasteiger partial charge in [-0.2, -0.15) is 0 Å². The summed E-state index contributed by atoms with van der Waals surface area (Å²) in [7, 11) is 0. The molecule has 4 heteroatoms. The summed E-state index contributed by atoms with van der Waals surface area (Å²) in [5.74, 6) is -0.549. The van der Waals surface area contributed by atoms with Gasteiger partial charge in [0.15, 0.2) is 5.79 Å². The van der Waals surface area contributed by atoms with E-state index in [2.05, 4.69) is 17.4 Å². The molecule has 1 aromatic rings. The number of ether oxygens (including phenoxy) is 2. The SMILES string of the molecule is CC1(C)OC[C@@H](C(CO)NCc2ccccc2)O1. The Morgan fingerprint density at radius 1 is 1.39 bits per heavy atom. The molecule has 0 amide bonds. The molecule has 1 aliphatic rings. The molecular formula is C14H21NO3. The van der Waals surface area contributed by atoms with Crippen molar-refractivity contribution in [3.05, 3.63) is 35.9 Å². The second-order valence-corrected chi connectivity index (χ2v) is 5.02. The summed E-state index contributed by atoms with van der Waals surface area (Å²) < 4.78 is 11.3. The highest BCUT2D eigenvalue weighted by atomic mass is 16.7. The maximum atomic E-state index is 9.44. The van der Waals surface area contributed by atoms with E-state index in [0.717, 1.165) is 0 Å². The Morgan fingerprint density at radius 2 is 2.11 bits per heavy atom. The third-order valence-corrected chi connectivity index (χ3v) is 3.09. The van der Waals surface area contributed by atoms with Gasteiger partial charge >= 0.3 is 0 Å². The quantitative estimate of drug-likeness (QED) is 0.828. The second-order valence-electron chi connectivity index (χ2n) is 5.02. The monoisotopic (exact) mass is 251 g/mol. The van der Waals surface area contributed by atoms with Gasteiger partial charge in [0.05, 0.1) is 19.3 Å². The number of aliphatic hydroxyl groups is 1. The van der Waals surface area contributed by atoms with Crippen molar-refractivity contribution in [1.29, 1.82) is 0 Å². The van der Waals surface area contributed by atoms with Crippen LogP contribution in [-0.2, 0) is 16.0 Å². The van der Waals surface area contributed by atoms with E-state index >= 15 is 0 Å². The molecule has 0 saturated carbocycles. The van der Waals surface area contributed by atoms with Crippen molar-refractivity contribution in [3.8, 4) is 0 Å². The number of hydrogen-bond acceptors (Lipinski definition) is 4. The molecule has 1 heterocycles. The lowest BCUT2D eigenvalue weighted by molar-refractivity contribution is -0.143. The topological polar surface area (TPSA) is 50.7 Å². The lowest BCUT2D eigenvalue weighted by Crippen LogP contribution is -2.44. The molecule has 1 fully saturated rings. The lowest BCUT2D eigenvalue weighted by Gasteiger charge is -2.23. The molecule has 100 valence electrons. The summed E-state index contributed by atoms with van der Waals surface area (Å²) in [5, 5.41) is 12.7. The number of hydrogen-bond donors (Lipinski definition) is 2. The average molecular weight is 251 g/mol. The van der Waals surface area contributed by atoms with Gasteiger partial charge in [0.1, 0.15) is 6.10 Å². The van der Waals surface area contributed by atoms with Gasteiger partial charge in [0.2, 0.25) is 0 Å². The molecule has 0 bridgehead atoms. The van der Waals surface area contributed by atoms with Crippen LogP contribution in [0.15, 0.2) is 30.3 Å². The molecule has 0 radical (unpaired) electrons. The van der Waals surface area contributed by atoms with Crippen LogP contribution in [0.3, 0.4) is 0 Å². The molecule has 1 aromatic carbocycles. The van der Waals surface area contributed by atoms with E-state index < -0.39 is 5.79 Å². The zero-order chi connectivity index (χ0) is 13.0. The first-order valence-corrected chi connectivity index (χ1v) is 6.31. The normalized spacial score (nSPS) is 24.1. The van der Waals surface area contributed by atoms with Crippen molar-refractivity contribution < 1.29 is 14.6 Å². The fraction of sp³-hybridized carbons (Fsp3) is 0.571. The van der Waals surface area contributed by atoms with Crippen LogP contribution < -0.4 is 5.32 Å². The Morgan fingerprint density at radius 3 is 2.67 bits per heavy atom. The van der Waals surface area contributed by atoms with Crippen LogP contribution in [0.2, 0.25) is 0 Å². The first kappa shape index (κ1) is 13.5. The zero-order valence-electron chi connectivity index (χ0n) is 10.9.